The van der Waals surface area contributed by atoms with E-state index in [-0.39, 0.29) is 11.9 Å². The number of rotatable bonds is 7. The molecule has 4 nitrogen and oxygen atoms in total. The minimum atomic E-state index is -0.563. The molecule has 0 aromatic heterocycles. The van der Waals surface area contributed by atoms with Gasteiger partial charge in [-0.05, 0) is 38.5 Å². The second-order valence-electron chi connectivity index (χ2n) is 5.65. The van der Waals surface area contributed by atoms with Crippen molar-refractivity contribution in [2.24, 2.45) is 5.92 Å². The van der Waals surface area contributed by atoms with Crippen LogP contribution in [0, 0.1) is 5.92 Å². The van der Waals surface area contributed by atoms with E-state index in [0.717, 1.165) is 32.2 Å². The molecule has 0 radical (unpaired) electrons. The van der Waals surface area contributed by atoms with Gasteiger partial charge in [0.25, 0.3) is 0 Å². The van der Waals surface area contributed by atoms with Crippen molar-refractivity contribution in [2.75, 3.05) is 13.1 Å². The molecule has 1 unspecified atom stereocenters. The molecule has 0 aromatic rings. The summed E-state index contributed by atoms with van der Waals surface area (Å²) in [5, 5.41) is 15.9. The molecule has 1 fully saturated rings. The average molecular weight is 242 g/mol. The fraction of sp³-hybridized carbons (Fsp3) is 0.923. The van der Waals surface area contributed by atoms with Crippen LogP contribution in [0.15, 0.2) is 0 Å². The van der Waals surface area contributed by atoms with Crippen LogP contribution in [-0.4, -0.2) is 35.7 Å². The third-order valence-corrected chi connectivity index (χ3v) is 3.44. The number of carbonyl (C=O) groups is 1. The first kappa shape index (κ1) is 14.5. The molecule has 3 N–H and O–H groups in total. The van der Waals surface area contributed by atoms with Gasteiger partial charge < -0.3 is 15.7 Å². The Morgan fingerprint density at radius 1 is 1.35 bits per heavy atom. The number of nitrogens with one attached hydrogen (secondary N) is 2. The van der Waals surface area contributed by atoms with Gasteiger partial charge in [-0.1, -0.05) is 13.8 Å². The zero-order chi connectivity index (χ0) is 12.9. The van der Waals surface area contributed by atoms with E-state index in [1.54, 1.807) is 0 Å². The molecule has 0 heterocycles. The molecule has 0 saturated heterocycles. The first-order chi connectivity index (χ1) is 7.93. The molecule has 0 bridgehead atoms. The Hall–Kier alpha value is -0.610. The topological polar surface area (TPSA) is 61.4 Å². The Morgan fingerprint density at radius 2 is 2.00 bits per heavy atom. The Kier molecular flexibility index (Phi) is 5.40. The van der Waals surface area contributed by atoms with Gasteiger partial charge in [0.1, 0.15) is 0 Å². The zero-order valence-corrected chi connectivity index (χ0v) is 11.3. The Bertz CT molecular complexity index is 250. The smallest absolute Gasteiger partial charge is 0.236 e. The molecule has 4 heteroatoms. The van der Waals surface area contributed by atoms with Gasteiger partial charge in [-0.15, -0.1) is 0 Å². The number of hydrogen-bond donors (Lipinski definition) is 3. The maximum atomic E-state index is 11.7. The predicted molar refractivity (Wildman–Crippen MR) is 68.7 cm³/mol. The molecule has 1 atom stereocenters. The van der Waals surface area contributed by atoms with Crippen molar-refractivity contribution in [3.8, 4) is 0 Å². The quantitative estimate of drug-likeness (QED) is 0.625. The van der Waals surface area contributed by atoms with E-state index in [1.165, 1.54) is 0 Å². The lowest BCUT2D eigenvalue weighted by molar-refractivity contribution is -0.123. The monoisotopic (exact) mass is 242 g/mol. The van der Waals surface area contributed by atoms with Crippen LogP contribution in [0.3, 0.4) is 0 Å². The SMILES string of the molecule is CC(C)CCNC(=O)C(C)NCC1(O)CCC1. The minimum absolute atomic E-state index is 0.0218. The van der Waals surface area contributed by atoms with E-state index in [2.05, 4.69) is 24.5 Å². The van der Waals surface area contributed by atoms with Crippen molar-refractivity contribution in [2.45, 2.75) is 58.1 Å². The van der Waals surface area contributed by atoms with Gasteiger partial charge in [0.2, 0.25) is 5.91 Å². The molecule has 1 rings (SSSR count). The normalized spacial score (nSPS) is 19.8. The lowest BCUT2D eigenvalue weighted by atomic mass is 9.80. The van der Waals surface area contributed by atoms with E-state index in [4.69, 9.17) is 0 Å². The van der Waals surface area contributed by atoms with Gasteiger partial charge in [0.05, 0.1) is 11.6 Å². The van der Waals surface area contributed by atoms with Gasteiger partial charge in [-0.25, -0.2) is 0 Å². The van der Waals surface area contributed by atoms with Crippen molar-refractivity contribution in [3.63, 3.8) is 0 Å². The van der Waals surface area contributed by atoms with Gasteiger partial charge >= 0.3 is 0 Å². The van der Waals surface area contributed by atoms with E-state index in [0.29, 0.717) is 12.5 Å². The molecule has 0 spiro atoms. The predicted octanol–water partition coefficient (Wildman–Crippen LogP) is 1.04. The zero-order valence-electron chi connectivity index (χ0n) is 11.3. The highest BCUT2D eigenvalue weighted by atomic mass is 16.3. The van der Waals surface area contributed by atoms with Crippen molar-refractivity contribution in [3.05, 3.63) is 0 Å². The number of amides is 1. The molecule has 0 aliphatic heterocycles. The molecular formula is C13H26N2O2. The Morgan fingerprint density at radius 3 is 2.47 bits per heavy atom. The number of carbonyl (C=O) groups excluding carboxylic acids is 1. The first-order valence-electron chi connectivity index (χ1n) is 6.66. The number of aliphatic hydroxyl groups is 1. The summed E-state index contributed by atoms with van der Waals surface area (Å²) in [7, 11) is 0. The van der Waals surface area contributed by atoms with Crippen LogP contribution in [0.2, 0.25) is 0 Å². The maximum absolute atomic E-state index is 11.7. The fourth-order valence-electron chi connectivity index (χ4n) is 1.83. The van der Waals surface area contributed by atoms with Gasteiger partial charge in [-0.2, -0.15) is 0 Å². The van der Waals surface area contributed by atoms with Crippen LogP contribution in [-0.2, 0) is 4.79 Å². The van der Waals surface area contributed by atoms with E-state index in [1.807, 2.05) is 6.92 Å². The molecule has 1 amide bonds. The van der Waals surface area contributed by atoms with Gasteiger partial charge in [0.15, 0.2) is 0 Å². The summed E-state index contributed by atoms with van der Waals surface area (Å²) in [4.78, 5) is 11.7. The highest BCUT2D eigenvalue weighted by Gasteiger charge is 2.34. The highest BCUT2D eigenvalue weighted by molar-refractivity contribution is 5.81. The van der Waals surface area contributed by atoms with Crippen molar-refractivity contribution >= 4 is 5.91 Å². The molecule has 1 aliphatic rings. The first-order valence-corrected chi connectivity index (χ1v) is 6.66. The van der Waals surface area contributed by atoms with Crippen LogP contribution in [0.5, 0.6) is 0 Å². The van der Waals surface area contributed by atoms with Crippen LogP contribution in [0.25, 0.3) is 0 Å². The molecular weight excluding hydrogens is 216 g/mol. The second-order valence-corrected chi connectivity index (χ2v) is 5.65. The lowest BCUT2D eigenvalue weighted by Crippen LogP contribution is -2.52. The van der Waals surface area contributed by atoms with Gasteiger partial charge in [0, 0.05) is 13.1 Å². The average Bonchev–Trinajstić information content (AvgIpc) is 2.22. The van der Waals surface area contributed by atoms with E-state index >= 15 is 0 Å². The maximum Gasteiger partial charge on any atom is 0.236 e. The summed E-state index contributed by atoms with van der Waals surface area (Å²) in [5.74, 6) is 0.628. The molecule has 0 aromatic carbocycles. The standard InChI is InChI=1S/C13H26N2O2/c1-10(2)5-8-14-12(16)11(3)15-9-13(17)6-4-7-13/h10-11,15,17H,4-9H2,1-3H3,(H,14,16). The van der Waals surface area contributed by atoms with Crippen LogP contribution in [0.1, 0.15) is 46.5 Å². The molecule has 1 saturated carbocycles. The Labute approximate surface area is 104 Å². The Balaban J connectivity index is 2.13. The third kappa shape index (κ3) is 5.04. The van der Waals surface area contributed by atoms with E-state index in [9.17, 15) is 9.90 Å². The number of hydrogen-bond acceptors (Lipinski definition) is 3. The van der Waals surface area contributed by atoms with Crippen LogP contribution >= 0.6 is 0 Å². The largest absolute Gasteiger partial charge is 0.389 e. The molecule has 100 valence electrons. The van der Waals surface area contributed by atoms with Crippen molar-refractivity contribution in [1.29, 1.82) is 0 Å². The lowest BCUT2D eigenvalue weighted by Gasteiger charge is -2.37. The summed E-state index contributed by atoms with van der Waals surface area (Å²) >= 11 is 0. The highest BCUT2D eigenvalue weighted by Crippen LogP contribution is 2.30. The van der Waals surface area contributed by atoms with Crippen LogP contribution in [0.4, 0.5) is 0 Å². The summed E-state index contributed by atoms with van der Waals surface area (Å²) in [6.45, 7) is 7.37. The van der Waals surface area contributed by atoms with Crippen LogP contribution < -0.4 is 10.6 Å². The van der Waals surface area contributed by atoms with Crippen molar-refractivity contribution in [1.82, 2.24) is 10.6 Å². The fourth-order valence-corrected chi connectivity index (χ4v) is 1.83. The van der Waals surface area contributed by atoms with Crippen molar-refractivity contribution < 1.29 is 9.90 Å². The second kappa shape index (κ2) is 6.36. The minimum Gasteiger partial charge on any atom is -0.389 e. The van der Waals surface area contributed by atoms with Gasteiger partial charge in [-0.3, -0.25) is 4.79 Å². The summed E-state index contributed by atoms with van der Waals surface area (Å²) in [6.07, 6.45) is 3.79. The third-order valence-electron chi connectivity index (χ3n) is 3.44. The molecule has 1 aliphatic carbocycles. The van der Waals surface area contributed by atoms with E-state index < -0.39 is 5.60 Å². The summed E-state index contributed by atoms with van der Waals surface area (Å²) < 4.78 is 0. The molecule has 17 heavy (non-hydrogen) atoms. The summed E-state index contributed by atoms with van der Waals surface area (Å²) in [5.41, 5.74) is -0.563. The summed E-state index contributed by atoms with van der Waals surface area (Å²) in [6, 6.07) is -0.230.